The molecule has 0 aliphatic heterocycles. The first-order chi connectivity index (χ1) is 8.79. The van der Waals surface area contributed by atoms with Gasteiger partial charge in [0.15, 0.2) is 0 Å². The minimum absolute atomic E-state index is 0.677. The predicted octanol–water partition coefficient (Wildman–Crippen LogP) is 3.70. The van der Waals surface area contributed by atoms with Crippen molar-refractivity contribution in [3.05, 3.63) is 28.4 Å². The number of hydrogen-bond donors (Lipinski definition) is 1. The van der Waals surface area contributed by atoms with Gasteiger partial charge in [0.1, 0.15) is 10.0 Å². The summed E-state index contributed by atoms with van der Waals surface area (Å²) in [5.74, 6) is 0.738. The van der Waals surface area contributed by atoms with Crippen LogP contribution in [0.5, 0.6) is 0 Å². The second kappa shape index (κ2) is 6.92. The molecule has 7 heteroatoms. The molecule has 2 rings (SSSR count). The summed E-state index contributed by atoms with van der Waals surface area (Å²) in [5.41, 5.74) is 0. The van der Waals surface area contributed by atoms with E-state index in [0.717, 1.165) is 33.9 Å². The van der Waals surface area contributed by atoms with E-state index in [1.54, 1.807) is 29.3 Å². The number of anilines is 1. The smallest absolute Gasteiger partial charge is 0.205 e. The molecule has 0 atom stereocenters. The third-order valence-electron chi connectivity index (χ3n) is 2.05. The molecule has 0 radical (unpaired) electrons. The number of hydrogen-bond acceptors (Lipinski definition) is 6. The highest BCUT2D eigenvalue weighted by Crippen LogP contribution is 2.28. The van der Waals surface area contributed by atoms with Crippen LogP contribution in [0, 0.1) is 0 Å². The Labute approximate surface area is 119 Å². The summed E-state index contributed by atoms with van der Waals surface area (Å²) < 4.78 is 0. The van der Waals surface area contributed by atoms with E-state index in [4.69, 9.17) is 11.6 Å². The number of halogens is 1. The minimum Gasteiger partial charge on any atom is -0.360 e. The van der Waals surface area contributed by atoms with Gasteiger partial charge in [-0.1, -0.05) is 41.6 Å². The molecule has 0 spiro atoms. The van der Waals surface area contributed by atoms with Crippen LogP contribution in [0.4, 0.5) is 5.13 Å². The third kappa shape index (κ3) is 3.83. The average molecular weight is 301 g/mol. The van der Waals surface area contributed by atoms with Crippen LogP contribution in [0.2, 0.25) is 5.02 Å². The second-order valence-electron chi connectivity index (χ2n) is 3.51. The molecule has 2 heterocycles. The molecule has 0 unspecified atom stereocenters. The molecule has 0 fully saturated rings. The van der Waals surface area contributed by atoms with Gasteiger partial charge in [0.2, 0.25) is 5.13 Å². The Morgan fingerprint density at radius 2 is 2.33 bits per heavy atom. The zero-order chi connectivity index (χ0) is 12.8. The van der Waals surface area contributed by atoms with E-state index in [0.29, 0.717) is 5.02 Å². The topological polar surface area (TPSA) is 50.7 Å². The lowest BCUT2D eigenvalue weighted by atomic mass is 10.5. The van der Waals surface area contributed by atoms with E-state index < -0.39 is 0 Å². The molecule has 1 N–H and O–H groups in total. The molecule has 0 bridgehead atoms. The van der Waals surface area contributed by atoms with E-state index in [1.165, 1.54) is 0 Å². The Morgan fingerprint density at radius 3 is 3.11 bits per heavy atom. The van der Waals surface area contributed by atoms with Crippen LogP contribution >= 0.6 is 34.7 Å². The molecular weight excluding hydrogens is 288 g/mol. The van der Waals surface area contributed by atoms with Crippen molar-refractivity contribution in [2.45, 2.75) is 24.1 Å². The van der Waals surface area contributed by atoms with Gasteiger partial charge in [-0.15, -0.1) is 10.2 Å². The van der Waals surface area contributed by atoms with E-state index in [9.17, 15) is 0 Å². The minimum atomic E-state index is 0.677. The van der Waals surface area contributed by atoms with Gasteiger partial charge in [-0.05, 0) is 18.6 Å². The van der Waals surface area contributed by atoms with Crippen molar-refractivity contribution in [3.63, 3.8) is 0 Å². The Kier molecular flexibility index (Phi) is 5.22. The lowest BCUT2D eigenvalue weighted by Crippen LogP contribution is -1.98. The number of aromatic nitrogens is 3. The number of nitrogens with one attached hydrogen (secondary N) is 1. The first-order valence-electron chi connectivity index (χ1n) is 5.59. The van der Waals surface area contributed by atoms with E-state index >= 15 is 0 Å². The molecule has 2 aromatic rings. The quantitative estimate of drug-likeness (QED) is 0.824. The lowest BCUT2D eigenvalue weighted by molar-refractivity contribution is 0.958. The fourth-order valence-electron chi connectivity index (χ4n) is 1.22. The highest BCUT2D eigenvalue weighted by molar-refractivity contribution is 7.98. The summed E-state index contributed by atoms with van der Waals surface area (Å²) in [7, 11) is 0. The molecule has 18 heavy (non-hydrogen) atoms. The summed E-state index contributed by atoms with van der Waals surface area (Å²) in [6.45, 7) is 3.04. The highest BCUT2D eigenvalue weighted by Gasteiger charge is 2.06. The molecule has 0 amide bonds. The zero-order valence-electron chi connectivity index (χ0n) is 9.89. The second-order valence-corrected chi connectivity index (χ2v) is 5.94. The third-order valence-corrected chi connectivity index (χ3v) is 4.55. The number of pyridine rings is 1. The fraction of sp³-hybridized carbons (Fsp3) is 0.364. The van der Waals surface area contributed by atoms with Crippen LogP contribution in [-0.2, 0) is 5.75 Å². The molecule has 0 aliphatic rings. The van der Waals surface area contributed by atoms with Gasteiger partial charge in [-0.2, -0.15) is 0 Å². The van der Waals surface area contributed by atoms with Crippen molar-refractivity contribution >= 4 is 39.8 Å². The van der Waals surface area contributed by atoms with Crippen molar-refractivity contribution in [2.24, 2.45) is 0 Å². The van der Waals surface area contributed by atoms with Gasteiger partial charge in [-0.3, -0.25) is 0 Å². The van der Waals surface area contributed by atoms with Crippen LogP contribution in [0.3, 0.4) is 0 Å². The Morgan fingerprint density at radius 1 is 1.44 bits per heavy atom. The summed E-state index contributed by atoms with van der Waals surface area (Å²) in [4.78, 5) is 4.22. The van der Waals surface area contributed by atoms with Gasteiger partial charge < -0.3 is 5.32 Å². The van der Waals surface area contributed by atoms with Crippen LogP contribution in [0.1, 0.15) is 18.4 Å². The van der Waals surface area contributed by atoms with E-state index in [2.05, 4.69) is 27.4 Å². The standard InChI is InChI=1S/C11H13ClN4S2/c1-2-5-14-11-16-15-9(18-11)7-17-10-8(12)4-3-6-13-10/h3-4,6H,2,5,7H2,1H3,(H,14,16). The predicted molar refractivity (Wildman–Crippen MR) is 77.5 cm³/mol. The van der Waals surface area contributed by atoms with Gasteiger partial charge >= 0.3 is 0 Å². The van der Waals surface area contributed by atoms with E-state index in [-0.39, 0.29) is 0 Å². The summed E-state index contributed by atoms with van der Waals surface area (Å²) in [6.07, 6.45) is 2.82. The first-order valence-corrected chi connectivity index (χ1v) is 7.77. The summed E-state index contributed by atoms with van der Waals surface area (Å²) in [6, 6.07) is 3.66. The van der Waals surface area contributed by atoms with Gasteiger partial charge in [0.05, 0.1) is 10.8 Å². The Bertz CT molecular complexity index is 503. The molecular formula is C11H13ClN4S2. The van der Waals surface area contributed by atoms with Crippen molar-refractivity contribution in [2.75, 3.05) is 11.9 Å². The first kappa shape index (κ1) is 13.6. The van der Waals surface area contributed by atoms with Gasteiger partial charge in [-0.25, -0.2) is 4.98 Å². The van der Waals surface area contributed by atoms with Gasteiger partial charge in [0.25, 0.3) is 0 Å². The SMILES string of the molecule is CCCNc1nnc(CSc2ncccc2Cl)s1. The molecule has 4 nitrogen and oxygen atoms in total. The molecule has 0 saturated heterocycles. The van der Waals surface area contributed by atoms with Crippen molar-refractivity contribution in [1.29, 1.82) is 0 Å². The van der Waals surface area contributed by atoms with Crippen LogP contribution in [-0.4, -0.2) is 21.7 Å². The van der Waals surface area contributed by atoms with Crippen LogP contribution in [0.25, 0.3) is 0 Å². The number of nitrogens with zero attached hydrogens (tertiary/aromatic N) is 3. The summed E-state index contributed by atoms with van der Waals surface area (Å²) in [5, 5.41) is 14.8. The van der Waals surface area contributed by atoms with Crippen molar-refractivity contribution < 1.29 is 0 Å². The summed E-state index contributed by atoms with van der Waals surface area (Å²) >= 11 is 9.18. The molecule has 0 aromatic carbocycles. The Balaban J connectivity index is 1.90. The molecule has 0 aliphatic carbocycles. The van der Waals surface area contributed by atoms with Crippen LogP contribution < -0.4 is 5.32 Å². The largest absolute Gasteiger partial charge is 0.360 e. The zero-order valence-corrected chi connectivity index (χ0v) is 12.3. The molecule has 96 valence electrons. The maximum absolute atomic E-state index is 6.04. The lowest BCUT2D eigenvalue weighted by Gasteiger charge is -1.99. The van der Waals surface area contributed by atoms with Crippen molar-refractivity contribution in [1.82, 2.24) is 15.2 Å². The maximum Gasteiger partial charge on any atom is 0.205 e. The van der Waals surface area contributed by atoms with Crippen molar-refractivity contribution in [3.8, 4) is 0 Å². The molecule has 2 aromatic heterocycles. The fourth-order valence-corrected chi connectivity index (χ4v) is 3.14. The number of thioether (sulfide) groups is 1. The van der Waals surface area contributed by atoms with Gasteiger partial charge in [0, 0.05) is 12.7 Å². The maximum atomic E-state index is 6.04. The van der Waals surface area contributed by atoms with E-state index in [1.807, 2.05) is 12.1 Å². The Hall–Kier alpha value is -0.850. The highest BCUT2D eigenvalue weighted by atomic mass is 35.5. The molecule has 0 saturated carbocycles. The van der Waals surface area contributed by atoms with Crippen LogP contribution in [0.15, 0.2) is 23.4 Å². The normalized spacial score (nSPS) is 10.6. The number of rotatable bonds is 6. The average Bonchev–Trinajstić information content (AvgIpc) is 2.83. The monoisotopic (exact) mass is 300 g/mol.